The van der Waals surface area contributed by atoms with Crippen molar-refractivity contribution in [3.63, 3.8) is 0 Å². The van der Waals surface area contributed by atoms with E-state index in [0.29, 0.717) is 24.5 Å². The van der Waals surface area contributed by atoms with Crippen molar-refractivity contribution >= 4 is 39.4 Å². The van der Waals surface area contributed by atoms with Gasteiger partial charge in [-0.15, -0.1) is 0 Å². The number of H-pyrrole nitrogens is 1. The van der Waals surface area contributed by atoms with Crippen LogP contribution in [0.15, 0.2) is 59.5 Å². The molecule has 1 aliphatic rings. The van der Waals surface area contributed by atoms with Crippen LogP contribution < -0.4 is 5.69 Å². The second kappa shape index (κ2) is 7.61. The molecule has 3 heterocycles. The minimum absolute atomic E-state index is 0.0560. The van der Waals surface area contributed by atoms with Crippen molar-refractivity contribution in [3.8, 4) is 0 Å². The van der Waals surface area contributed by atoms with Gasteiger partial charge < -0.3 is 9.88 Å². The van der Waals surface area contributed by atoms with Crippen LogP contribution >= 0.6 is 11.6 Å². The average molecular weight is 421 g/mol. The molecular weight excluding hydrogens is 400 g/mol. The van der Waals surface area contributed by atoms with Gasteiger partial charge in [0.05, 0.1) is 23.0 Å². The molecule has 1 N–H and O–H groups in total. The van der Waals surface area contributed by atoms with Gasteiger partial charge in [-0.1, -0.05) is 23.7 Å². The van der Waals surface area contributed by atoms with E-state index in [-0.39, 0.29) is 17.6 Å². The Morgan fingerprint density at radius 3 is 2.80 bits per heavy atom. The van der Waals surface area contributed by atoms with Crippen LogP contribution in [0.25, 0.3) is 21.9 Å². The summed E-state index contributed by atoms with van der Waals surface area (Å²) in [4.78, 5) is 34.5. The summed E-state index contributed by atoms with van der Waals surface area (Å²) in [5.74, 6) is 0.117. The highest BCUT2D eigenvalue weighted by Gasteiger charge is 2.26. The Bertz CT molecular complexity index is 1300. The van der Waals surface area contributed by atoms with Gasteiger partial charge in [0.15, 0.2) is 0 Å². The number of likely N-dealkylation sites (tertiary alicyclic amines) is 1. The zero-order chi connectivity index (χ0) is 20.7. The van der Waals surface area contributed by atoms with E-state index in [1.165, 1.54) is 0 Å². The van der Waals surface area contributed by atoms with Crippen molar-refractivity contribution < 1.29 is 4.79 Å². The number of carbonyl (C=O) groups is 1. The van der Waals surface area contributed by atoms with E-state index in [0.717, 1.165) is 40.3 Å². The minimum Gasteiger partial charge on any atom is -0.342 e. The Hall–Kier alpha value is -3.12. The van der Waals surface area contributed by atoms with E-state index in [1.54, 1.807) is 16.8 Å². The van der Waals surface area contributed by atoms with Crippen LogP contribution in [0.1, 0.15) is 24.4 Å². The molecule has 1 fully saturated rings. The lowest BCUT2D eigenvalue weighted by atomic mass is 10.0. The van der Waals surface area contributed by atoms with Crippen molar-refractivity contribution in [1.82, 2.24) is 19.4 Å². The SMILES string of the molecule is O=C(Cc1ccc2ncccc2c1)N1CCC(n2c(=O)[nH]c3ccc(Cl)cc32)CC1. The van der Waals surface area contributed by atoms with Crippen molar-refractivity contribution in [2.45, 2.75) is 25.3 Å². The van der Waals surface area contributed by atoms with Gasteiger partial charge in [-0.05, 0) is 54.8 Å². The highest BCUT2D eigenvalue weighted by atomic mass is 35.5. The second-order valence-electron chi connectivity index (χ2n) is 7.78. The number of piperidine rings is 1. The summed E-state index contributed by atoms with van der Waals surface area (Å²) in [6.45, 7) is 1.27. The van der Waals surface area contributed by atoms with Crippen molar-refractivity contribution in [3.05, 3.63) is 75.8 Å². The second-order valence-corrected chi connectivity index (χ2v) is 8.22. The predicted octanol–water partition coefficient (Wildman–Crippen LogP) is 3.94. The van der Waals surface area contributed by atoms with Crippen LogP contribution in [0.5, 0.6) is 0 Å². The number of hydrogen-bond acceptors (Lipinski definition) is 3. The first-order chi connectivity index (χ1) is 14.6. The average Bonchev–Trinajstić information content (AvgIpc) is 3.08. The molecule has 30 heavy (non-hydrogen) atoms. The van der Waals surface area contributed by atoms with Crippen molar-refractivity contribution in [2.75, 3.05) is 13.1 Å². The van der Waals surface area contributed by atoms with Gasteiger partial charge in [-0.25, -0.2) is 4.79 Å². The number of aromatic nitrogens is 3. The van der Waals surface area contributed by atoms with Gasteiger partial charge in [0, 0.05) is 35.7 Å². The van der Waals surface area contributed by atoms with Crippen LogP contribution in [0.4, 0.5) is 0 Å². The molecule has 0 radical (unpaired) electrons. The number of fused-ring (bicyclic) bond motifs is 2. The van der Waals surface area contributed by atoms with Gasteiger partial charge in [-0.2, -0.15) is 0 Å². The molecule has 5 rings (SSSR count). The molecule has 2 aromatic carbocycles. The zero-order valence-corrected chi connectivity index (χ0v) is 17.1. The number of nitrogens with one attached hydrogen (secondary N) is 1. The van der Waals surface area contributed by atoms with Crippen LogP contribution in [0, 0.1) is 0 Å². The Labute approximate surface area is 178 Å². The van der Waals surface area contributed by atoms with E-state index < -0.39 is 0 Å². The van der Waals surface area contributed by atoms with Gasteiger partial charge >= 0.3 is 5.69 Å². The van der Waals surface area contributed by atoms with E-state index >= 15 is 0 Å². The maximum atomic E-state index is 12.8. The molecule has 6 nitrogen and oxygen atoms in total. The number of pyridine rings is 1. The molecule has 152 valence electrons. The molecular formula is C23H21ClN4O2. The normalized spacial score (nSPS) is 15.2. The first-order valence-corrected chi connectivity index (χ1v) is 10.5. The number of amides is 1. The third kappa shape index (κ3) is 3.48. The summed E-state index contributed by atoms with van der Waals surface area (Å²) in [6.07, 6.45) is 3.63. The van der Waals surface area contributed by atoms with Crippen molar-refractivity contribution in [1.29, 1.82) is 0 Å². The predicted molar refractivity (Wildman–Crippen MR) is 118 cm³/mol. The number of benzene rings is 2. The summed E-state index contributed by atoms with van der Waals surface area (Å²) < 4.78 is 1.79. The summed E-state index contributed by atoms with van der Waals surface area (Å²) >= 11 is 6.13. The van der Waals surface area contributed by atoms with Crippen molar-refractivity contribution in [2.24, 2.45) is 0 Å². The monoisotopic (exact) mass is 420 g/mol. The number of hydrogen-bond donors (Lipinski definition) is 1. The number of halogens is 1. The molecule has 2 aromatic heterocycles. The molecule has 1 saturated heterocycles. The van der Waals surface area contributed by atoms with Gasteiger partial charge in [-0.3, -0.25) is 14.3 Å². The highest BCUT2D eigenvalue weighted by Crippen LogP contribution is 2.27. The maximum absolute atomic E-state index is 12.8. The highest BCUT2D eigenvalue weighted by molar-refractivity contribution is 6.31. The third-order valence-corrected chi connectivity index (χ3v) is 6.12. The first-order valence-electron chi connectivity index (χ1n) is 10.1. The fraction of sp³-hybridized carbons (Fsp3) is 0.261. The number of carbonyl (C=O) groups excluding carboxylic acids is 1. The van der Waals surface area contributed by atoms with E-state index in [9.17, 15) is 9.59 Å². The fourth-order valence-electron chi connectivity index (χ4n) is 4.35. The lowest BCUT2D eigenvalue weighted by molar-refractivity contribution is -0.131. The number of nitrogens with zero attached hydrogens (tertiary/aromatic N) is 3. The molecule has 0 spiro atoms. The number of imidazole rings is 1. The van der Waals surface area contributed by atoms with Crippen LogP contribution in [-0.2, 0) is 11.2 Å². The lowest BCUT2D eigenvalue weighted by Crippen LogP contribution is -2.41. The quantitative estimate of drug-likeness (QED) is 0.545. The molecule has 0 aliphatic carbocycles. The molecule has 0 saturated carbocycles. The van der Waals surface area contributed by atoms with E-state index in [2.05, 4.69) is 9.97 Å². The molecule has 1 amide bonds. The molecule has 0 atom stereocenters. The molecule has 0 bridgehead atoms. The van der Waals surface area contributed by atoms with Gasteiger partial charge in [0.2, 0.25) is 5.91 Å². The third-order valence-electron chi connectivity index (χ3n) is 5.88. The van der Waals surface area contributed by atoms with E-state index in [1.807, 2.05) is 47.4 Å². The Morgan fingerprint density at radius 1 is 1.13 bits per heavy atom. The Balaban J connectivity index is 1.28. The molecule has 1 aliphatic heterocycles. The minimum atomic E-state index is -0.123. The molecule has 0 unspecified atom stereocenters. The summed E-state index contributed by atoms with van der Waals surface area (Å²) in [5.41, 5.74) is 3.40. The largest absolute Gasteiger partial charge is 0.342 e. The zero-order valence-electron chi connectivity index (χ0n) is 16.3. The van der Waals surface area contributed by atoms with Crippen LogP contribution in [-0.4, -0.2) is 38.4 Å². The van der Waals surface area contributed by atoms with Gasteiger partial charge in [0.1, 0.15) is 0 Å². The molecule has 7 heteroatoms. The van der Waals surface area contributed by atoms with Crippen LogP contribution in [0.3, 0.4) is 0 Å². The van der Waals surface area contributed by atoms with Crippen LogP contribution in [0.2, 0.25) is 5.02 Å². The topological polar surface area (TPSA) is 71.0 Å². The standard InChI is InChI=1S/C23H21ClN4O2/c24-17-4-6-20-21(14-17)28(23(30)26-20)18-7-10-27(11-8-18)22(29)13-15-3-5-19-16(12-15)2-1-9-25-19/h1-6,9,12,14,18H,7-8,10-11,13H2,(H,26,30). The lowest BCUT2D eigenvalue weighted by Gasteiger charge is -2.32. The Kier molecular flexibility index (Phi) is 4.79. The fourth-order valence-corrected chi connectivity index (χ4v) is 4.52. The van der Waals surface area contributed by atoms with Gasteiger partial charge in [0.25, 0.3) is 0 Å². The summed E-state index contributed by atoms with van der Waals surface area (Å²) in [5, 5.41) is 1.65. The summed E-state index contributed by atoms with van der Waals surface area (Å²) in [6, 6.07) is 15.3. The smallest absolute Gasteiger partial charge is 0.326 e. The Morgan fingerprint density at radius 2 is 1.97 bits per heavy atom. The maximum Gasteiger partial charge on any atom is 0.326 e. The van der Waals surface area contributed by atoms with E-state index in [4.69, 9.17) is 11.6 Å². The number of rotatable bonds is 3. The summed E-state index contributed by atoms with van der Waals surface area (Å²) in [7, 11) is 0. The molecule has 4 aromatic rings. The number of aromatic amines is 1. The first kappa shape index (κ1) is 18.9.